The van der Waals surface area contributed by atoms with E-state index in [1.807, 2.05) is 4.90 Å². The van der Waals surface area contributed by atoms with Gasteiger partial charge in [-0.1, -0.05) is 26.7 Å². The van der Waals surface area contributed by atoms with E-state index in [0.29, 0.717) is 24.7 Å². The second-order valence-electron chi connectivity index (χ2n) is 7.02. The molecule has 5 nitrogen and oxygen atoms in total. The summed E-state index contributed by atoms with van der Waals surface area (Å²) in [5.74, 6) is 0.608. The Morgan fingerprint density at radius 3 is 2.29 bits per heavy atom. The Bertz CT molecular complexity index is 381. The van der Waals surface area contributed by atoms with Crippen LogP contribution in [-0.2, 0) is 4.79 Å². The number of hydrogen-bond donors (Lipinski definition) is 2. The predicted octanol–water partition coefficient (Wildman–Crippen LogP) is 2.71. The molecular weight excluding hydrogens is 268 g/mol. The molecule has 0 bridgehead atoms. The van der Waals surface area contributed by atoms with Crippen molar-refractivity contribution in [3.05, 3.63) is 0 Å². The molecular formula is C16H28N2O3. The van der Waals surface area contributed by atoms with Crippen LogP contribution in [-0.4, -0.2) is 41.6 Å². The first-order valence-electron chi connectivity index (χ1n) is 8.21. The lowest BCUT2D eigenvalue weighted by atomic mass is 9.86. The van der Waals surface area contributed by atoms with Gasteiger partial charge < -0.3 is 15.3 Å². The first-order chi connectivity index (χ1) is 9.94. The summed E-state index contributed by atoms with van der Waals surface area (Å²) >= 11 is 0. The van der Waals surface area contributed by atoms with Gasteiger partial charge in [0.2, 0.25) is 0 Å². The molecule has 5 heteroatoms. The van der Waals surface area contributed by atoms with Crippen LogP contribution in [0, 0.1) is 17.3 Å². The van der Waals surface area contributed by atoms with Gasteiger partial charge >= 0.3 is 12.0 Å². The molecule has 0 radical (unpaired) electrons. The molecule has 0 aromatic heterocycles. The van der Waals surface area contributed by atoms with E-state index in [9.17, 15) is 14.7 Å². The van der Waals surface area contributed by atoms with Gasteiger partial charge in [-0.2, -0.15) is 0 Å². The van der Waals surface area contributed by atoms with E-state index in [0.717, 1.165) is 38.8 Å². The summed E-state index contributed by atoms with van der Waals surface area (Å²) < 4.78 is 0. The number of carbonyl (C=O) groups is 2. The third-order valence-electron chi connectivity index (χ3n) is 5.36. The van der Waals surface area contributed by atoms with Crippen LogP contribution in [0.15, 0.2) is 0 Å². The van der Waals surface area contributed by atoms with Crippen molar-refractivity contribution in [2.24, 2.45) is 17.3 Å². The summed E-state index contributed by atoms with van der Waals surface area (Å²) in [6.07, 6.45) is 5.35. The predicted molar refractivity (Wildman–Crippen MR) is 81.1 cm³/mol. The Hall–Kier alpha value is -1.26. The molecule has 1 aliphatic carbocycles. The standard InChI is InChI=1S/C16H28N2O3/c1-12(2)13-5-9-18(10-6-13)15(21)17-11-16(14(19)20)7-3-4-8-16/h12-13H,3-11H2,1-2H3,(H,17,21)(H,19,20). The number of urea groups is 1. The maximum Gasteiger partial charge on any atom is 0.317 e. The molecule has 0 atom stereocenters. The fraction of sp³-hybridized carbons (Fsp3) is 0.875. The summed E-state index contributed by atoms with van der Waals surface area (Å²) in [6, 6.07) is -0.0928. The van der Waals surface area contributed by atoms with E-state index in [1.165, 1.54) is 0 Å². The highest BCUT2D eigenvalue weighted by atomic mass is 16.4. The third-order valence-corrected chi connectivity index (χ3v) is 5.36. The van der Waals surface area contributed by atoms with Crippen molar-refractivity contribution in [1.29, 1.82) is 0 Å². The number of likely N-dealkylation sites (tertiary alicyclic amines) is 1. The number of nitrogens with one attached hydrogen (secondary N) is 1. The number of nitrogens with zero attached hydrogens (tertiary/aromatic N) is 1. The minimum absolute atomic E-state index is 0.0928. The van der Waals surface area contributed by atoms with Crippen LogP contribution in [0.5, 0.6) is 0 Å². The Morgan fingerprint density at radius 2 is 1.81 bits per heavy atom. The van der Waals surface area contributed by atoms with Crippen LogP contribution in [0.3, 0.4) is 0 Å². The molecule has 0 unspecified atom stereocenters. The van der Waals surface area contributed by atoms with Crippen molar-refractivity contribution >= 4 is 12.0 Å². The van der Waals surface area contributed by atoms with Crippen molar-refractivity contribution in [2.45, 2.75) is 52.4 Å². The highest BCUT2D eigenvalue weighted by Gasteiger charge is 2.41. The lowest BCUT2D eigenvalue weighted by Crippen LogP contribution is -2.49. The first-order valence-corrected chi connectivity index (χ1v) is 8.21. The molecule has 1 heterocycles. The Balaban J connectivity index is 1.81. The second kappa shape index (κ2) is 6.67. The van der Waals surface area contributed by atoms with Crippen molar-refractivity contribution in [2.75, 3.05) is 19.6 Å². The van der Waals surface area contributed by atoms with Crippen molar-refractivity contribution in [3.63, 3.8) is 0 Å². The summed E-state index contributed by atoms with van der Waals surface area (Å²) in [5.41, 5.74) is -0.730. The first kappa shape index (κ1) is 16.1. The molecule has 2 amide bonds. The number of rotatable bonds is 4. The third kappa shape index (κ3) is 3.69. The van der Waals surface area contributed by atoms with Crippen molar-refractivity contribution < 1.29 is 14.7 Å². The summed E-state index contributed by atoms with van der Waals surface area (Å²) in [6.45, 7) is 6.31. The van der Waals surface area contributed by atoms with Gasteiger partial charge in [0, 0.05) is 19.6 Å². The van der Waals surface area contributed by atoms with Gasteiger partial charge in [0.05, 0.1) is 5.41 Å². The Labute approximate surface area is 127 Å². The zero-order valence-corrected chi connectivity index (χ0v) is 13.2. The minimum atomic E-state index is -0.765. The molecule has 2 aliphatic rings. The zero-order valence-electron chi connectivity index (χ0n) is 13.2. The molecule has 1 aliphatic heterocycles. The smallest absolute Gasteiger partial charge is 0.317 e. The topological polar surface area (TPSA) is 69.6 Å². The highest BCUT2D eigenvalue weighted by Crippen LogP contribution is 2.37. The Kier molecular flexibility index (Phi) is 5.12. The molecule has 0 spiro atoms. The van der Waals surface area contributed by atoms with Gasteiger partial charge in [-0.3, -0.25) is 4.79 Å². The van der Waals surface area contributed by atoms with Crippen LogP contribution >= 0.6 is 0 Å². The van der Waals surface area contributed by atoms with Gasteiger partial charge in [-0.15, -0.1) is 0 Å². The quantitative estimate of drug-likeness (QED) is 0.838. The lowest BCUT2D eigenvalue weighted by Gasteiger charge is -2.34. The van der Waals surface area contributed by atoms with Gasteiger partial charge in [-0.05, 0) is 37.5 Å². The van der Waals surface area contributed by atoms with Crippen LogP contribution in [0.25, 0.3) is 0 Å². The van der Waals surface area contributed by atoms with Crippen LogP contribution < -0.4 is 5.32 Å². The number of hydrogen-bond acceptors (Lipinski definition) is 2. The van der Waals surface area contributed by atoms with Crippen LogP contribution in [0.4, 0.5) is 4.79 Å². The normalized spacial score (nSPS) is 22.5. The number of carboxylic acids is 1. The molecule has 0 aromatic rings. The average molecular weight is 296 g/mol. The van der Waals surface area contributed by atoms with Crippen molar-refractivity contribution in [1.82, 2.24) is 10.2 Å². The van der Waals surface area contributed by atoms with Gasteiger partial charge in [0.1, 0.15) is 0 Å². The lowest BCUT2D eigenvalue weighted by molar-refractivity contribution is -0.148. The van der Waals surface area contributed by atoms with E-state index < -0.39 is 11.4 Å². The number of carboxylic acid groups (broad SMARTS) is 1. The number of carbonyl (C=O) groups excluding carboxylic acids is 1. The Morgan fingerprint density at radius 1 is 1.24 bits per heavy atom. The van der Waals surface area contributed by atoms with Crippen LogP contribution in [0.1, 0.15) is 52.4 Å². The molecule has 2 N–H and O–H groups in total. The van der Waals surface area contributed by atoms with E-state index in [2.05, 4.69) is 19.2 Å². The fourth-order valence-corrected chi connectivity index (χ4v) is 3.64. The average Bonchev–Trinajstić information content (AvgIpc) is 2.95. The fourth-order valence-electron chi connectivity index (χ4n) is 3.64. The molecule has 21 heavy (non-hydrogen) atoms. The number of piperidine rings is 1. The maximum atomic E-state index is 12.2. The van der Waals surface area contributed by atoms with E-state index >= 15 is 0 Å². The largest absolute Gasteiger partial charge is 0.481 e. The SMILES string of the molecule is CC(C)C1CCN(C(=O)NCC2(C(=O)O)CCCC2)CC1. The number of aliphatic carboxylic acids is 1. The molecule has 0 aromatic carbocycles. The summed E-state index contributed by atoms with van der Waals surface area (Å²) in [4.78, 5) is 25.5. The van der Waals surface area contributed by atoms with Gasteiger partial charge in [0.25, 0.3) is 0 Å². The zero-order chi connectivity index (χ0) is 15.5. The van der Waals surface area contributed by atoms with E-state index in [-0.39, 0.29) is 12.6 Å². The van der Waals surface area contributed by atoms with Crippen LogP contribution in [0.2, 0.25) is 0 Å². The molecule has 1 saturated heterocycles. The van der Waals surface area contributed by atoms with E-state index in [1.54, 1.807) is 0 Å². The second-order valence-corrected chi connectivity index (χ2v) is 7.02. The minimum Gasteiger partial charge on any atom is -0.481 e. The highest BCUT2D eigenvalue weighted by molar-refractivity contribution is 5.78. The molecule has 2 rings (SSSR count). The van der Waals surface area contributed by atoms with Crippen molar-refractivity contribution in [3.8, 4) is 0 Å². The maximum absolute atomic E-state index is 12.2. The summed E-state index contributed by atoms with van der Waals surface area (Å²) in [7, 11) is 0. The van der Waals surface area contributed by atoms with E-state index in [4.69, 9.17) is 0 Å². The monoisotopic (exact) mass is 296 g/mol. The molecule has 2 fully saturated rings. The number of amides is 2. The summed E-state index contributed by atoms with van der Waals surface area (Å²) in [5, 5.41) is 12.3. The molecule has 1 saturated carbocycles. The van der Waals surface area contributed by atoms with Gasteiger partial charge in [0.15, 0.2) is 0 Å². The van der Waals surface area contributed by atoms with Gasteiger partial charge in [-0.25, -0.2) is 4.79 Å². The molecule has 120 valence electrons.